The highest BCUT2D eigenvalue weighted by Crippen LogP contribution is 2.40. The van der Waals surface area contributed by atoms with Gasteiger partial charge in [0.2, 0.25) is 5.88 Å². The largest absolute Gasteiger partial charge is 0.497 e. The Morgan fingerprint density at radius 1 is 1.06 bits per heavy atom. The van der Waals surface area contributed by atoms with E-state index in [1.807, 2.05) is 43.3 Å². The van der Waals surface area contributed by atoms with Crippen molar-refractivity contribution in [2.75, 3.05) is 7.11 Å². The molecule has 0 aliphatic carbocycles. The van der Waals surface area contributed by atoms with Crippen LogP contribution in [0.15, 0.2) is 83.0 Å². The molecule has 0 radical (unpaired) electrons. The van der Waals surface area contributed by atoms with Crippen LogP contribution in [0.1, 0.15) is 23.7 Å². The summed E-state index contributed by atoms with van der Waals surface area (Å²) in [4.78, 5) is 18.2. The van der Waals surface area contributed by atoms with Gasteiger partial charge in [0.15, 0.2) is 5.69 Å². The van der Waals surface area contributed by atoms with Crippen LogP contribution in [-0.4, -0.2) is 27.7 Å². The molecule has 0 unspecified atom stereocenters. The number of aryl methyl sites for hydroxylation is 1. The average Bonchev–Trinajstić information content (AvgIpc) is 3.16. The molecule has 5 rings (SSSR count). The standard InChI is InChI=1S/C28H23ClN4O3/c1-3-13-33-25-12-9-18(29)14-22(25)26(28(33)35)31-32-27(34)21-16-24(17-7-5-4-6-8-17)30-23-11-10-19(36-2)15-20(21)23/h4-12,14-16,35H,3,13H2,1-2H3. The van der Waals surface area contributed by atoms with Crippen LogP contribution in [0.4, 0.5) is 5.69 Å². The lowest BCUT2D eigenvalue weighted by Gasteiger charge is -2.09. The normalized spacial score (nSPS) is 11.5. The van der Waals surface area contributed by atoms with Gasteiger partial charge in [0.05, 0.1) is 29.4 Å². The van der Waals surface area contributed by atoms with Crippen molar-refractivity contribution in [3.8, 4) is 22.9 Å². The maximum atomic E-state index is 13.4. The first-order chi connectivity index (χ1) is 17.5. The number of halogens is 1. The number of methoxy groups -OCH3 is 1. The predicted octanol–water partition coefficient (Wildman–Crippen LogP) is 7.56. The van der Waals surface area contributed by atoms with E-state index in [-0.39, 0.29) is 11.6 Å². The van der Waals surface area contributed by atoms with Crippen LogP contribution in [0, 0.1) is 0 Å². The van der Waals surface area contributed by atoms with Gasteiger partial charge in [0, 0.05) is 27.9 Å². The summed E-state index contributed by atoms with van der Waals surface area (Å²) in [7, 11) is 1.56. The van der Waals surface area contributed by atoms with Crippen molar-refractivity contribution in [1.82, 2.24) is 9.55 Å². The first kappa shape index (κ1) is 23.5. The molecule has 0 fully saturated rings. The fourth-order valence-corrected chi connectivity index (χ4v) is 4.43. The lowest BCUT2D eigenvalue weighted by atomic mass is 10.0. The quantitative estimate of drug-likeness (QED) is 0.244. The van der Waals surface area contributed by atoms with E-state index < -0.39 is 5.91 Å². The number of fused-ring (bicyclic) bond motifs is 2. The van der Waals surface area contributed by atoms with Crippen molar-refractivity contribution in [2.45, 2.75) is 19.9 Å². The first-order valence-corrected chi connectivity index (χ1v) is 11.9. The smallest absolute Gasteiger partial charge is 0.296 e. The van der Waals surface area contributed by atoms with Crippen molar-refractivity contribution in [3.63, 3.8) is 0 Å². The zero-order valence-electron chi connectivity index (χ0n) is 19.8. The molecule has 0 bridgehead atoms. The predicted molar refractivity (Wildman–Crippen MR) is 141 cm³/mol. The van der Waals surface area contributed by atoms with Crippen LogP contribution in [0.2, 0.25) is 5.02 Å². The Balaban J connectivity index is 1.64. The topological polar surface area (TPSA) is 89.1 Å². The number of pyridine rings is 1. The lowest BCUT2D eigenvalue weighted by molar-refractivity contribution is 0.0996. The summed E-state index contributed by atoms with van der Waals surface area (Å²) in [6, 6.07) is 21.9. The maximum Gasteiger partial charge on any atom is 0.296 e. The number of ether oxygens (including phenoxy) is 1. The number of rotatable bonds is 6. The Kier molecular flexibility index (Phi) is 6.40. The highest BCUT2D eigenvalue weighted by atomic mass is 35.5. The number of hydrogen-bond donors (Lipinski definition) is 1. The van der Waals surface area contributed by atoms with Crippen molar-refractivity contribution in [1.29, 1.82) is 0 Å². The van der Waals surface area contributed by atoms with E-state index in [9.17, 15) is 9.90 Å². The van der Waals surface area contributed by atoms with E-state index in [1.54, 1.807) is 48.1 Å². The van der Waals surface area contributed by atoms with E-state index in [4.69, 9.17) is 21.3 Å². The Labute approximate surface area is 212 Å². The van der Waals surface area contributed by atoms with Gasteiger partial charge < -0.3 is 14.4 Å². The number of carbonyl (C=O) groups is 1. The van der Waals surface area contributed by atoms with E-state index >= 15 is 0 Å². The summed E-state index contributed by atoms with van der Waals surface area (Å²) in [5, 5.41) is 20.8. The molecule has 3 aromatic carbocycles. The van der Waals surface area contributed by atoms with Gasteiger partial charge in [0.1, 0.15) is 5.75 Å². The Bertz CT molecular complexity index is 1630. The molecule has 7 nitrogen and oxygen atoms in total. The fraction of sp³-hybridized carbons (Fsp3) is 0.143. The van der Waals surface area contributed by atoms with Crippen LogP contribution in [0.25, 0.3) is 33.1 Å². The van der Waals surface area contributed by atoms with E-state index in [1.165, 1.54) is 0 Å². The molecule has 2 aromatic heterocycles. The highest BCUT2D eigenvalue weighted by Gasteiger charge is 2.19. The minimum Gasteiger partial charge on any atom is -0.497 e. The molecule has 36 heavy (non-hydrogen) atoms. The molecule has 180 valence electrons. The van der Waals surface area contributed by atoms with Gasteiger partial charge in [-0.15, -0.1) is 10.2 Å². The second-order valence-corrected chi connectivity index (χ2v) is 8.73. The molecule has 0 saturated carbocycles. The SMILES string of the molecule is CCCn1c(O)c(N=NC(=O)c2cc(-c3ccccc3)nc3ccc(OC)cc23)c2cc(Cl)ccc21. The van der Waals surface area contributed by atoms with Crippen LogP contribution >= 0.6 is 11.6 Å². The van der Waals surface area contributed by atoms with Crippen molar-refractivity contribution in [3.05, 3.63) is 83.4 Å². The van der Waals surface area contributed by atoms with Crippen molar-refractivity contribution < 1.29 is 14.6 Å². The molecule has 1 amide bonds. The van der Waals surface area contributed by atoms with Gasteiger partial charge in [-0.05, 0) is 48.9 Å². The zero-order valence-corrected chi connectivity index (χ0v) is 20.5. The Hall–Kier alpha value is -4.23. The van der Waals surface area contributed by atoms with Crippen molar-refractivity contribution in [2.24, 2.45) is 10.2 Å². The first-order valence-electron chi connectivity index (χ1n) is 11.5. The maximum absolute atomic E-state index is 13.4. The third-order valence-corrected chi connectivity index (χ3v) is 6.21. The second kappa shape index (κ2) is 9.79. The number of benzene rings is 3. The van der Waals surface area contributed by atoms with Crippen LogP contribution < -0.4 is 4.74 Å². The van der Waals surface area contributed by atoms with Gasteiger partial charge in [-0.3, -0.25) is 4.79 Å². The van der Waals surface area contributed by atoms with Crippen LogP contribution in [0.3, 0.4) is 0 Å². The molecule has 5 aromatic rings. The molecule has 0 aliphatic heterocycles. The minimum atomic E-state index is -0.564. The number of carbonyl (C=O) groups excluding carboxylic acids is 1. The zero-order chi connectivity index (χ0) is 25.2. The minimum absolute atomic E-state index is 0.0584. The number of hydrogen-bond acceptors (Lipinski definition) is 5. The highest BCUT2D eigenvalue weighted by molar-refractivity contribution is 6.31. The molecule has 2 heterocycles. The molecule has 8 heteroatoms. The van der Waals surface area contributed by atoms with Gasteiger partial charge in [0.25, 0.3) is 5.91 Å². The molecule has 0 atom stereocenters. The van der Waals surface area contributed by atoms with E-state index in [0.717, 1.165) is 17.5 Å². The summed E-state index contributed by atoms with van der Waals surface area (Å²) in [5.41, 5.74) is 3.44. The number of azo groups is 1. The van der Waals surface area contributed by atoms with Crippen LogP contribution in [0.5, 0.6) is 11.6 Å². The summed E-state index contributed by atoms with van der Waals surface area (Å²) in [6.07, 6.45) is 0.808. The summed E-state index contributed by atoms with van der Waals surface area (Å²) in [5.74, 6) is -0.0276. The Morgan fingerprint density at radius 3 is 2.61 bits per heavy atom. The number of aromatic nitrogens is 2. The van der Waals surface area contributed by atoms with Gasteiger partial charge in [-0.25, -0.2) is 4.98 Å². The molecule has 0 saturated heterocycles. The summed E-state index contributed by atoms with van der Waals surface area (Å²) < 4.78 is 7.10. The number of amides is 1. The molecule has 1 N–H and O–H groups in total. The molecular weight excluding hydrogens is 476 g/mol. The van der Waals surface area contributed by atoms with Gasteiger partial charge in [-0.2, -0.15) is 0 Å². The monoisotopic (exact) mass is 498 g/mol. The summed E-state index contributed by atoms with van der Waals surface area (Å²) >= 11 is 6.21. The third kappa shape index (κ3) is 4.29. The number of nitrogens with zero attached hydrogens (tertiary/aromatic N) is 4. The van der Waals surface area contributed by atoms with E-state index in [0.29, 0.717) is 44.9 Å². The molecule has 0 aliphatic rings. The summed E-state index contributed by atoms with van der Waals surface area (Å²) in [6.45, 7) is 2.60. The lowest BCUT2D eigenvalue weighted by Crippen LogP contribution is -1.99. The van der Waals surface area contributed by atoms with Crippen LogP contribution in [-0.2, 0) is 6.54 Å². The third-order valence-electron chi connectivity index (χ3n) is 5.98. The average molecular weight is 499 g/mol. The van der Waals surface area contributed by atoms with Crippen molar-refractivity contribution >= 4 is 45.0 Å². The van der Waals surface area contributed by atoms with Gasteiger partial charge in [-0.1, -0.05) is 48.9 Å². The second-order valence-electron chi connectivity index (χ2n) is 8.29. The molecular formula is C28H23ClN4O3. The fourth-order valence-electron chi connectivity index (χ4n) is 4.26. The number of aromatic hydroxyl groups is 1. The van der Waals surface area contributed by atoms with E-state index in [2.05, 4.69) is 10.2 Å². The van der Waals surface area contributed by atoms with Gasteiger partial charge >= 0.3 is 0 Å². The molecule has 0 spiro atoms. The Morgan fingerprint density at radius 2 is 1.86 bits per heavy atom.